The van der Waals surface area contributed by atoms with E-state index >= 15 is 0 Å². The first kappa shape index (κ1) is 23.4. The number of rotatable bonds is 5. The van der Waals surface area contributed by atoms with Gasteiger partial charge in [0.2, 0.25) is 5.91 Å². The number of fused-ring (bicyclic) bond motifs is 1. The predicted octanol–water partition coefficient (Wildman–Crippen LogP) is 2.37. The number of nitrogens with one attached hydrogen (secondary N) is 2. The van der Waals surface area contributed by atoms with E-state index in [1.54, 1.807) is 48.8 Å². The number of carbonyl (C=O) groups is 3. The predicted molar refractivity (Wildman–Crippen MR) is 128 cm³/mol. The minimum atomic E-state index is -0.750. The number of methoxy groups -OCH3 is 1. The molecule has 4 rings (SSSR count). The minimum absolute atomic E-state index is 0.124. The highest BCUT2D eigenvalue weighted by molar-refractivity contribution is 5.99. The lowest BCUT2D eigenvalue weighted by atomic mass is 10.1. The number of benzene rings is 1. The summed E-state index contributed by atoms with van der Waals surface area (Å²) in [6.07, 6.45) is 5.01. The number of hydrogen-bond donors (Lipinski definition) is 2. The second-order valence-electron chi connectivity index (χ2n) is 7.82. The second kappa shape index (κ2) is 10.5. The number of amides is 4. The molecule has 0 fully saturated rings. The summed E-state index contributed by atoms with van der Waals surface area (Å²) in [5, 5.41) is 4.86. The number of ether oxygens (including phenoxy) is 1. The van der Waals surface area contributed by atoms with E-state index in [2.05, 4.69) is 32.4 Å². The van der Waals surface area contributed by atoms with Gasteiger partial charge in [-0.1, -0.05) is 17.9 Å². The summed E-state index contributed by atoms with van der Waals surface area (Å²) in [4.78, 5) is 46.7. The van der Waals surface area contributed by atoms with Crippen LogP contribution in [0.3, 0.4) is 0 Å². The van der Waals surface area contributed by atoms with Gasteiger partial charge in [0.05, 0.1) is 24.9 Å². The first-order valence-corrected chi connectivity index (χ1v) is 10.9. The van der Waals surface area contributed by atoms with Gasteiger partial charge in [0.1, 0.15) is 11.8 Å². The average Bonchev–Trinajstić information content (AvgIpc) is 3.17. The molecular formula is C26H23N5O4. The van der Waals surface area contributed by atoms with Crippen molar-refractivity contribution in [2.75, 3.05) is 13.7 Å². The topological polar surface area (TPSA) is 114 Å². The molecule has 2 aromatic heterocycles. The van der Waals surface area contributed by atoms with Crippen molar-refractivity contribution in [1.29, 1.82) is 0 Å². The Kier molecular flexibility index (Phi) is 7.02. The second-order valence-corrected chi connectivity index (χ2v) is 7.82. The van der Waals surface area contributed by atoms with Crippen LogP contribution in [0.5, 0.6) is 5.75 Å². The highest BCUT2D eigenvalue weighted by Crippen LogP contribution is 2.27. The first-order valence-electron chi connectivity index (χ1n) is 10.9. The molecule has 1 aromatic carbocycles. The van der Waals surface area contributed by atoms with E-state index in [-0.39, 0.29) is 12.5 Å². The molecule has 3 aromatic rings. The summed E-state index contributed by atoms with van der Waals surface area (Å²) in [7, 11) is 1.54. The molecule has 1 atom stereocenters. The van der Waals surface area contributed by atoms with E-state index in [1.165, 1.54) is 6.92 Å². The highest BCUT2D eigenvalue weighted by Gasteiger charge is 2.29. The van der Waals surface area contributed by atoms with Crippen molar-refractivity contribution in [1.82, 2.24) is 25.5 Å². The standard InChI is InChI=1S/C26H23N5O4/c1-17(32)29-26(34)30-21(16-31-15-20-6-8-22(35-2)14-23(20)25(31)33)7-5-18-4-3-11-28-24(18)19-9-12-27-13-10-19/h3-4,6,8-14,21H,15-16H2,1-2H3,(H2,29,30,32,34)/t21-/m1/s1. The third kappa shape index (κ3) is 5.62. The molecule has 176 valence electrons. The Hall–Kier alpha value is -4.71. The Morgan fingerprint density at radius 2 is 1.97 bits per heavy atom. The largest absolute Gasteiger partial charge is 0.497 e. The summed E-state index contributed by atoms with van der Waals surface area (Å²) in [5.41, 5.74) is 3.59. The van der Waals surface area contributed by atoms with Gasteiger partial charge in [-0.25, -0.2) is 4.79 Å². The Balaban J connectivity index is 1.60. The van der Waals surface area contributed by atoms with Crippen molar-refractivity contribution in [3.8, 4) is 28.8 Å². The molecule has 1 aliphatic rings. The Morgan fingerprint density at radius 3 is 2.71 bits per heavy atom. The molecule has 0 radical (unpaired) electrons. The zero-order chi connectivity index (χ0) is 24.8. The molecule has 0 spiro atoms. The Morgan fingerprint density at radius 1 is 1.17 bits per heavy atom. The minimum Gasteiger partial charge on any atom is -0.497 e. The maximum absolute atomic E-state index is 13.0. The van der Waals surface area contributed by atoms with E-state index in [0.29, 0.717) is 29.1 Å². The van der Waals surface area contributed by atoms with E-state index in [9.17, 15) is 14.4 Å². The number of aromatic nitrogens is 2. The van der Waals surface area contributed by atoms with Crippen LogP contribution in [0, 0.1) is 11.8 Å². The fourth-order valence-electron chi connectivity index (χ4n) is 3.73. The molecule has 0 aliphatic carbocycles. The zero-order valence-corrected chi connectivity index (χ0v) is 19.2. The molecule has 0 saturated carbocycles. The normalized spacial score (nSPS) is 12.7. The molecule has 3 heterocycles. The Bertz CT molecular complexity index is 1330. The lowest BCUT2D eigenvalue weighted by Crippen LogP contribution is -2.48. The molecule has 0 unspecified atom stereocenters. The SMILES string of the molecule is COc1ccc2c(c1)C(=O)N(C[C@@H](C#Cc1cccnc1-c1ccncc1)NC(=O)NC(C)=O)C2. The number of pyridine rings is 2. The van der Waals surface area contributed by atoms with Gasteiger partial charge in [-0.3, -0.25) is 24.9 Å². The third-order valence-corrected chi connectivity index (χ3v) is 5.34. The van der Waals surface area contributed by atoms with Crippen LogP contribution in [0.4, 0.5) is 4.79 Å². The van der Waals surface area contributed by atoms with Gasteiger partial charge in [0, 0.05) is 43.2 Å². The number of carbonyl (C=O) groups excluding carboxylic acids is 3. The number of nitrogens with zero attached hydrogens (tertiary/aromatic N) is 3. The monoisotopic (exact) mass is 469 g/mol. The quantitative estimate of drug-likeness (QED) is 0.555. The van der Waals surface area contributed by atoms with E-state index < -0.39 is 18.0 Å². The smallest absolute Gasteiger partial charge is 0.322 e. The molecule has 35 heavy (non-hydrogen) atoms. The van der Waals surface area contributed by atoms with Crippen molar-refractivity contribution in [2.45, 2.75) is 19.5 Å². The van der Waals surface area contributed by atoms with Crippen LogP contribution < -0.4 is 15.4 Å². The zero-order valence-electron chi connectivity index (χ0n) is 19.2. The number of hydrogen-bond acceptors (Lipinski definition) is 6. The summed E-state index contributed by atoms with van der Waals surface area (Å²) in [6.45, 7) is 1.74. The van der Waals surface area contributed by atoms with Gasteiger partial charge in [0.15, 0.2) is 0 Å². The van der Waals surface area contributed by atoms with Gasteiger partial charge in [-0.2, -0.15) is 0 Å². The summed E-state index contributed by atoms with van der Waals surface area (Å²) in [6, 6.07) is 11.2. The summed E-state index contributed by atoms with van der Waals surface area (Å²) in [5.74, 6) is 6.03. The van der Waals surface area contributed by atoms with Crippen LogP contribution >= 0.6 is 0 Å². The average molecular weight is 470 g/mol. The lowest BCUT2D eigenvalue weighted by Gasteiger charge is -2.21. The van der Waals surface area contributed by atoms with Crippen molar-refractivity contribution in [3.05, 3.63) is 77.7 Å². The van der Waals surface area contributed by atoms with Crippen molar-refractivity contribution in [3.63, 3.8) is 0 Å². The number of urea groups is 1. The fraction of sp³-hybridized carbons (Fsp3) is 0.192. The maximum atomic E-state index is 13.0. The van der Waals surface area contributed by atoms with Gasteiger partial charge in [-0.15, -0.1) is 0 Å². The molecule has 0 saturated heterocycles. The van der Waals surface area contributed by atoms with Crippen molar-refractivity contribution in [2.24, 2.45) is 0 Å². The van der Waals surface area contributed by atoms with E-state index in [0.717, 1.165) is 11.1 Å². The molecule has 4 amide bonds. The Labute approximate surface area is 202 Å². The lowest BCUT2D eigenvalue weighted by molar-refractivity contribution is -0.117. The summed E-state index contributed by atoms with van der Waals surface area (Å²) < 4.78 is 5.23. The van der Waals surface area contributed by atoms with Crippen LogP contribution in [-0.4, -0.2) is 52.4 Å². The van der Waals surface area contributed by atoms with E-state index in [1.807, 2.05) is 24.3 Å². The first-order chi connectivity index (χ1) is 16.9. The molecule has 1 aliphatic heterocycles. The number of imide groups is 1. The van der Waals surface area contributed by atoms with Crippen LogP contribution in [0.15, 0.2) is 61.1 Å². The molecule has 9 nitrogen and oxygen atoms in total. The highest BCUT2D eigenvalue weighted by atomic mass is 16.5. The summed E-state index contributed by atoms with van der Waals surface area (Å²) >= 11 is 0. The van der Waals surface area contributed by atoms with Gasteiger partial charge < -0.3 is 15.0 Å². The van der Waals surface area contributed by atoms with Crippen LogP contribution in [0.1, 0.15) is 28.4 Å². The van der Waals surface area contributed by atoms with E-state index in [4.69, 9.17) is 4.74 Å². The van der Waals surface area contributed by atoms with Gasteiger partial charge in [-0.05, 0) is 42.0 Å². The van der Waals surface area contributed by atoms with Crippen LogP contribution in [-0.2, 0) is 11.3 Å². The molecule has 9 heteroatoms. The van der Waals surface area contributed by atoms with Gasteiger partial charge >= 0.3 is 6.03 Å². The molecular weight excluding hydrogens is 446 g/mol. The fourth-order valence-corrected chi connectivity index (χ4v) is 3.73. The maximum Gasteiger partial charge on any atom is 0.322 e. The van der Waals surface area contributed by atoms with Gasteiger partial charge in [0.25, 0.3) is 5.91 Å². The van der Waals surface area contributed by atoms with Crippen molar-refractivity contribution < 1.29 is 19.1 Å². The molecule has 2 N–H and O–H groups in total. The third-order valence-electron chi connectivity index (χ3n) is 5.34. The van der Waals surface area contributed by atoms with Crippen LogP contribution in [0.2, 0.25) is 0 Å². The van der Waals surface area contributed by atoms with Crippen molar-refractivity contribution >= 4 is 17.8 Å². The molecule has 0 bridgehead atoms. The van der Waals surface area contributed by atoms with Crippen LogP contribution in [0.25, 0.3) is 11.3 Å².